The zero-order chi connectivity index (χ0) is 28.8. The number of hydrazone groups is 2. The van der Waals surface area contributed by atoms with Crippen molar-refractivity contribution < 1.29 is 0 Å². The van der Waals surface area contributed by atoms with Gasteiger partial charge in [0, 0.05) is 12.8 Å². The highest BCUT2D eigenvalue weighted by molar-refractivity contribution is 7.80. The Morgan fingerprint density at radius 1 is 0.548 bits per heavy atom. The summed E-state index contributed by atoms with van der Waals surface area (Å²) < 4.78 is 0. The highest BCUT2D eigenvalue weighted by atomic mass is 32.1. The van der Waals surface area contributed by atoms with Crippen LogP contribution in [0.15, 0.2) is 119 Å². The van der Waals surface area contributed by atoms with E-state index < -0.39 is 0 Å². The van der Waals surface area contributed by atoms with E-state index in [1.165, 1.54) is 21.5 Å². The predicted octanol–water partition coefficient (Wildman–Crippen LogP) is 6.78. The number of thiocarbonyl (C=S) groups is 2. The van der Waals surface area contributed by atoms with Gasteiger partial charge in [-0.05, 0) is 80.4 Å². The third kappa shape index (κ3) is 4.78. The van der Waals surface area contributed by atoms with E-state index in [1.54, 1.807) is 10.0 Å². The normalized spacial score (nSPS) is 18.4. The van der Waals surface area contributed by atoms with Crippen LogP contribution in [0.4, 0.5) is 0 Å². The molecule has 5 aromatic rings. The number of hydrogen-bond acceptors (Lipinski definition) is 4. The van der Waals surface area contributed by atoms with Gasteiger partial charge in [0.15, 0.2) is 10.2 Å². The van der Waals surface area contributed by atoms with Crippen LogP contribution in [0.3, 0.4) is 0 Å². The molecule has 0 fully saturated rings. The molecule has 5 aromatic carbocycles. The molecule has 0 aliphatic carbocycles. The number of fused-ring (bicyclic) bond motifs is 2. The summed E-state index contributed by atoms with van der Waals surface area (Å²) in [6.07, 6.45) is 1.40. The second-order valence-corrected chi connectivity index (χ2v) is 11.5. The second kappa shape index (κ2) is 10.6. The minimum atomic E-state index is -0.0855. The molecule has 2 atom stereocenters. The molecule has 2 aliphatic rings. The van der Waals surface area contributed by atoms with Gasteiger partial charge >= 0.3 is 0 Å². The van der Waals surface area contributed by atoms with Gasteiger partial charge in [-0.2, -0.15) is 10.2 Å². The van der Waals surface area contributed by atoms with Crippen LogP contribution in [0.2, 0.25) is 0 Å². The van der Waals surface area contributed by atoms with Crippen molar-refractivity contribution in [3.05, 3.63) is 131 Å². The number of nitrogens with zero attached hydrogens (tertiary/aromatic N) is 4. The summed E-state index contributed by atoms with van der Waals surface area (Å²) >= 11 is 10.8. The Labute approximate surface area is 254 Å². The van der Waals surface area contributed by atoms with Crippen molar-refractivity contribution >= 4 is 67.6 Å². The van der Waals surface area contributed by atoms with Gasteiger partial charge in [-0.25, -0.2) is 10.0 Å². The summed E-state index contributed by atoms with van der Waals surface area (Å²) in [4.78, 5) is 0. The average Bonchev–Trinajstić information content (AvgIpc) is 3.67. The van der Waals surface area contributed by atoms with Gasteiger partial charge in [-0.3, -0.25) is 0 Å². The largest absolute Gasteiger partial charge is 0.375 e. The fourth-order valence-corrected chi connectivity index (χ4v) is 6.31. The lowest BCUT2D eigenvalue weighted by Crippen LogP contribution is -2.32. The summed E-state index contributed by atoms with van der Waals surface area (Å²) in [7, 11) is 0. The molecule has 42 heavy (non-hydrogen) atoms. The topological polar surface area (TPSA) is 83.2 Å². The SMILES string of the molecule is NC(=S)N1N=C(c2ccc3ccccc3c2)CC1c1ccc(C2CC(c3ccc4ccccc4c3)=NN2C(N)=S)cc1. The van der Waals surface area contributed by atoms with Gasteiger partial charge in [0.05, 0.1) is 23.5 Å². The number of rotatable bonds is 4. The molecule has 2 aliphatic heterocycles. The maximum Gasteiger partial charge on any atom is 0.187 e. The number of benzene rings is 5. The standard InChI is InChI=1S/C34H28N6S2/c35-33(41)39-31(19-29(37-39)27-15-9-21-5-1-3-7-25(21)17-27)23-11-13-24(14-12-23)32-20-30(38-40(32)34(36)42)28-16-10-22-6-2-4-8-26(22)18-28/h1-18,31-32H,19-20H2,(H2,35,41)(H2,36,42). The second-order valence-electron chi connectivity index (χ2n) is 10.7. The van der Waals surface area contributed by atoms with Gasteiger partial charge in [0.2, 0.25) is 0 Å². The molecule has 0 radical (unpaired) electrons. The van der Waals surface area contributed by atoms with Crippen LogP contribution in [-0.4, -0.2) is 31.7 Å². The van der Waals surface area contributed by atoms with Crippen molar-refractivity contribution in [3.63, 3.8) is 0 Å². The summed E-state index contributed by atoms with van der Waals surface area (Å²) in [5.74, 6) is 0. The Hall–Kier alpha value is -4.66. The first kappa shape index (κ1) is 26.3. The molecule has 2 unspecified atom stereocenters. The minimum absolute atomic E-state index is 0.0855. The predicted molar refractivity (Wildman–Crippen MR) is 179 cm³/mol. The fraction of sp³-hybridized carbons (Fsp3) is 0.118. The maximum absolute atomic E-state index is 6.14. The summed E-state index contributed by atoms with van der Waals surface area (Å²) in [5, 5.41) is 18.5. The van der Waals surface area contributed by atoms with Crippen LogP contribution < -0.4 is 11.5 Å². The molecule has 0 bridgehead atoms. The summed E-state index contributed by atoms with van der Waals surface area (Å²) in [6, 6.07) is 37.8. The van der Waals surface area contributed by atoms with E-state index in [0.717, 1.165) is 33.7 Å². The van der Waals surface area contributed by atoms with Crippen molar-refractivity contribution in [3.8, 4) is 0 Å². The quantitative estimate of drug-likeness (QED) is 0.227. The molecule has 0 saturated carbocycles. The fourth-order valence-electron chi connectivity index (χ4n) is 5.97. The molecule has 4 N–H and O–H groups in total. The van der Waals surface area contributed by atoms with Crippen LogP contribution in [0.25, 0.3) is 21.5 Å². The van der Waals surface area contributed by atoms with E-state index in [-0.39, 0.29) is 22.3 Å². The van der Waals surface area contributed by atoms with Crippen LogP contribution in [-0.2, 0) is 0 Å². The van der Waals surface area contributed by atoms with Crippen LogP contribution in [0.1, 0.15) is 47.2 Å². The highest BCUT2D eigenvalue weighted by Gasteiger charge is 2.33. The van der Waals surface area contributed by atoms with E-state index in [1.807, 2.05) is 24.3 Å². The van der Waals surface area contributed by atoms with Gasteiger partial charge in [-0.1, -0.05) is 97.1 Å². The van der Waals surface area contributed by atoms with Crippen molar-refractivity contribution in [1.29, 1.82) is 0 Å². The minimum Gasteiger partial charge on any atom is -0.375 e. The molecule has 206 valence electrons. The third-order valence-corrected chi connectivity index (χ3v) is 8.52. The first-order valence-electron chi connectivity index (χ1n) is 13.8. The first-order chi connectivity index (χ1) is 20.4. The molecular weight excluding hydrogens is 557 g/mol. The van der Waals surface area contributed by atoms with E-state index in [9.17, 15) is 0 Å². The number of nitrogens with two attached hydrogens (primary N) is 2. The van der Waals surface area contributed by atoms with Gasteiger partial charge in [-0.15, -0.1) is 0 Å². The monoisotopic (exact) mass is 584 g/mol. The highest BCUT2D eigenvalue weighted by Crippen LogP contribution is 2.37. The van der Waals surface area contributed by atoms with Gasteiger partial charge in [0.25, 0.3) is 0 Å². The van der Waals surface area contributed by atoms with Crippen molar-refractivity contribution in [1.82, 2.24) is 10.0 Å². The lowest BCUT2D eigenvalue weighted by atomic mass is 9.93. The Bertz CT molecular complexity index is 1790. The smallest absolute Gasteiger partial charge is 0.187 e. The molecule has 7 rings (SSSR count). The van der Waals surface area contributed by atoms with Crippen LogP contribution in [0, 0.1) is 0 Å². The van der Waals surface area contributed by atoms with Gasteiger partial charge < -0.3 is 11.5 Å². The van der Waals surface area contributed by atoms with Crippen molar-refractivity contribution in [2.24, 2.45) is 21.7 Å². The van der Waals surface area contributed by atoms with E-state index in [2.05, 4.69) is 84.9 Å². The molecule has 2 heterocycles. The summed E-state index contributed by atoms with van der Waals surface area (Å²) in [6.45, 7) is 0. The van der Waals surface area contributed by atoms with Crippen LogP contribution >= 0.6 is 24.4 Å². The molecule has 0 saturated heterocycles. The zero-order valence-corrected chi connectivity index (χ0v) is 24.4. The molecule has 0 aromatic heterocycles. The first-order valence-corrected chi connectivity index (χ1v) is 14.7. The molecule has 0 spiro atoms. The van der Waals surface area contributed by atoms with Crippen molar-refractivity contribution in [2.45, 2.75) is 24.9 Å². The lowest BCUT2D eigenvalue weighted by molar-refractivity contribution is 0.368. The number of hydrogen-bond donors (Lipinski definition) is 2. The Balaban J connectivity index is 1.14. The average molecular weight is 585 g/mol. The molecule has 0 amide bonds. The third-order valence-electron chi connectivity index (χ3n) is 8.14. The van der Waals surface area contributed by atoms with E-state index in [0.29, 0.717) is 12.8 Å². The zero-order valence-electron chi connectivity index (χ0n) is 22.7. The van der Waals surface area contributed by atoms with E-state index >= 15 is 0 Å². The van der Waals surface area contributed by atoms with Crippen LogP contribution in [0.5, 0.6) is 0 Å². The Morgan fingerprint density at radius 2 is 0.929 bits per heavy atom. The Kier molecular flexibility index (Phi) is 6.64. The summed E-state index contributed by atoms with van der Waals surface area (Å²) in [5.41, 5.74) is 18.5. The van der Waals surface area contributed by atoms with Gasteiger partial charge in [0.1, 0.15) is 0 Å². The molecule has 6 nitrogen and oxygen atoms in total. The molecular formula is C34H28N6S2. The molecule has 8 heteroatoms. The lowest BCUT2D eigenvalue weighted by Gasteiger charge is -2.24. The maximum atomic E-state index is 6.14. The van der Waals surface area contributed by atoms with E-state index in [4.69, 9.17) is 46.1 Å². The van der Waals surface area contributed by atoms with Crippen molar-refractivity contribution in [2.75, 3.05) is 0 Å². The Morgan fingerprint density at radius 3 is 1.31 bits per heavy atom.